The van der Waals surface area contributed by atoms with Crippen molar-refractivity contribution in [3.05, 3.63) is 0 Å². The Hall–Kier alpha value is -0.370. The molecule has 4 unspecified atom stereocenters. The minimum atomic E-state index is 0.184. The molecule has 2 saturated carbocycles. The van der Waals surface area contributed by atoms with E-state index >= 15 is 0 Å². The van der Waals surface area contributed by atoms with Crippen LogP contribution in [0.2, 0.25) is 0 Å². The molecule has 0 saturated heterocycles. The molecule has 15 heavy (non-hydrogen) atoms. The van der Waals surface area contributed by atoms with Gasteiger partial charge in [-0.1, -0.05) is 19.3 Å². The fourth-order valence-electron chi connectivity index (χ4n) is 3.55. The van der Waals surface area contributed by atoms with Crippen molar-refractivity contribution in [1.82, 2.24) is 0 Å². The van der Waals surface area contributed by atoms with Gasteiger partial charge in [-0.15, -0.1) is 0 Å². The summed E-state index contributed by atoms with van der Waals surface area (Å²) < 4.78 is 5.70. The second-order valence-electron chi connectivity index (χ2n) is 4.99. The van der Waals surface area contributed by atoms with Gasteiger partial charge in [0.25, 0.3) is 0 Å². The van der Waals surface area contributed by atoms with Crippen LogP contribution in [-0.2, 0) is 9.53 Å². The molecule has 2 aliphatic carbocycles. The van der Waals surface area contributed by atoms with Crippen molar-refractivity contribution in [2.45, 2.75) is 51.6 Å². The van der Waals surface area contributed by atoms with E-state index in [2.05, 4.69) is 0 Å². The monoisotopic (exact) mass is 210 g/mol. The van der Waals surface area contributed by atoms with E-state index in [1.807, 2.05) is 6.92 Å². The summed E-state index contributed by atoms with van der Waals surface area (Å²) in [4.78, 5) is 11.2. The van der Waals surface area contributed by atoms with E-state index in [-0.39, 0.29) is 12.0 Å². The van der Waals surface area contributed by atoms with Crippen LogP contribution in [0.1, 0.15) is 45.4 Å². The highest BCUT2D eigenvalue weighted by molar-refractivity contribution is 5.55. The molecule has 2 nitrogen and oxygen atoms in total. The van der Waals surface area contributed by atoms with Gasteiger partial charge in [-0.25, -0.2) is 0 Å². The van der Waals surface area contributed by atoms with E-state index in [1.54, 1.807) is 0 Å². The molecule has 0 N–H and O–H groups in total. The van der Waals surface area contributed by atoms with Crippen LogP contribution in [0.5, 0.6) is 0 Å². The van der Waals surface area contributed by atoms with Crippen molar-refractivity contribution < 1.29 is 9.53 Å². The van der Waals surface area contributed by atoms with Crippen LogP contribution in [0.15, 0.2) is 0 Å². The average Bonchev–Trinajstić information content (AvgIpc) is 2.29. The minimum absolute atomic E-state index is 0.184. The molecule has 0 aromatic heterocycles. The predicted molar refractivity (Wildman–Crippen MR) is 59.7 cm³/mol. The van der Waals surface area contributed by atoms with Crippen molar-refractivity contribution in [2.24, 2.45) is 17.8 Å². The SMILES string of the molecule is CCOC1CCC2CCCCC2C1C=O. The van der Waals surface area contributed by atoms with E-state index in [0.717, 1.165) is 18.9 Å². The molecular weight excluding hydrogens is 188 g/mol. The number of carbonyl (C=O) groups excluding carboxylic acids is 1. The molecule has 2 rings (SSSR count). The zero-order valence-corrected chi connectivity index (χ0v) is 9.65. The number of aldehydes is 1. The molecular formula is C13H22O2. The summed E-state index contributed by atoms with van der Waals surface area (Å²) >= 11 is 0. The lowest BCUT2D eigenvalue weighted by atomic mass is 9.65. The number of hydrogen-bond acceptors (Lipinski definition) is 2. The highest BCUT2D eigenvalue weighted by Crippen LogP contribution is 2.43. The molecule has 2 aliphatic rings. The molecule has 0 aliphatic heterocycles. The summed E-state index contributed by atoms with van der Waals surface area (Å²) in [7, 11) is 0. The Bertz CT molecular complexity index is 215. The Kier molecular flexibility index (Phi) is 3.79. The first-order valence-corrected chi connectivity index (χ1v) is 6.43. The molecule has 0 aromatic carbocycles. The number of ether oxygens (including phenoxy) is 1. The Balaban J connectivity index is 2.04. The number of hydrogen-bond donors (Lipinski definition) is 0. The Morgan fingerprint density at radius 2 is 2.00 bits per heavy atom. The maximum atomic E-state index is 11.2. The maximum absolute atomic E-state index is 11.2. The number of carbonyl (C=O) groups is 1. The molecule has 2 heteroatoms. The van der Waals surface area contributed by atoms with Gasteiger partial charge in [0.05, 0.1) is 6.10 Å². The van der Waals surface area contributed by atoms with E-state index in [9.17, 15) is 4.79 Å². The summed E-state index contributed by atoms with van der Waals surface area (Å²) in [6.07, 6.45) is 9.02. The lowest BCUT2D eigenvalue weighted by molar-refractivity contribution is -0.125. The molecule has 0 bridgehead atoms. The van der Waals surface area contributed by atoms with Gasteiger partial charge in [0.2, 0.25) is 0 Å². The third-order valence-corrected chi connectivity index (χ3v) is 4.25. The second kappa shape index (κ2) is 5.11. The summed E-state index contributed by atoms with van der Waals surface area (Å²) in [6, 6.07) is 0. The van der Waals surface area contributed by atoms with Crippen molar-refractivity contribution in [3.8, 4) is 0 Å². The largest absolute Gasteiger partial charge is 0.378 e. The molecule has 0 heterocycles. The van der Waals surface area contributed by atoms with Crippen LogP contribution >= 0.6 is 0 Å². The van der Waals surface area contributed by atoms with Gasteiger partial charge in [0.1, 0.15) is 6.29 Å². The first-order valence-electron chi connectivity index (χ1n) is 6.43. The molecule has 0 radical (unpaired) electrons. The molecule has 0 amide bonds. The number of rotatable bonds is 3. The van der Waals surface area contributed by atoms with Crippen LogP contribution in [0, 0.1) is 17.8 Å². The molecule has 4 atom stereocenters. The van der Waals surface area contributed by atoms with E-state index in [1.165, 1.54) is 38.4 Å². The van der Waals surface area contributed by atoms with Gasteiger partial charge in [-0.3, -0.25) is 0 Å². The first kappa shape index (κ1) is 11.1. The lowest BCUT2D eigenvalue weighted by Crippen LogP contribution is -2.41. The van der Waals surface area contributed by atoms with E-state index in [4.69, 9.17) is 4.74 Å². The smallest absolute Gasteiger partial charge is 0.125 e. The van der Waals surface area contributed by atoms with E-state index < -0.39 is 0 Å². The van der Waals surface area contributed by atoms with Gasteiger partial charge in [0.15, 0.2) is 0 Å². The third-order valence-electron chi connectivity index (χ3n) is 4.25. The highest BCUT2D eigenvalue weighted by Gasteiger charge is 2.40. The average molecular weight is 210 g/mol. The fraction of sp³-hybridized carbons (Fsp3) is 0.923. The predicted octanol–water partition coefficient (Wildman–Crippen LogP) is 2.81. The van der Waals surface area contributed by atoms with Gasteiger partial charge >= 0.3 is 0 Å². The van der Waals surface area contributed by atoms with Gasteiger partial charge in [0, 0.05) is 12.5 Å². The quantitative estimate of drug-likeness (QED) is 0.669. The van der Waals surface area contributed by atoms with Gasteiger partial charge < -0.3 is 9.53 Å². The summed E-state index contributed by atoms with van der Waals surface area (Å²) in [5.41, 5.74) is 0. The van der Waals surface area contributed by atoms with Crippen molar-refractivity contribution in [2.75, 3.05) is 6.61 Å². The molecule has 0 spiro atoms. The second-order valence-corrected chi connectivity index (χ2v) is 4.99. The number of fused-ring (bicyclic) bond motifs is 1. The summed E-state index contributed by atoms with van der Waals surface area (Å²) in [5, 5.41) is 0. The lowest BCUT2D eigenvalue weighted by Gasteiger charge is -2.43. The fourth-order valence-corrected chi connectivity index (χ4v) is 3.55. The first-order chi connectivity index (χ1) is 7.36. The summed E-state index contributed by atoms with van der Waals surface area (Å²) in [5.74, 6) is 1.62. The molecule has 2 fully saturated rings. The highest BCUT2D eigenvalue weighted by atomic mass is 16.5. The Morgan fingerprint density at radius 3 is 2.73 bits per heavy atom. The minimum Gasteiger partial charge on any atom is -0.378 e. The summed E-state index contributed by atoms with van der Waals surface area (Å²) in [6.45, 7) is 2.77. The van der Waals surface area contributed by atoms with Gasteiger partial charge in [-0.05, 0) is 38.0 Å². The van der Waals surface area contributed by atoms with Crippen LogP contribution < -0.4 is 0 Å². The van der Waals surface area contributed by atoms with Crippen LogP contribution in [0.4, 0.5) is 0 Å². The zero-order chi connectivity index (χ0) is 10.7. The molecule has 86 valence electrons. The Labute approximate surface area is 92.4 Å². The normalized spacial score (nSPS) is 40.9. The van der Waals surface area contributed by atoms with Crippen molar-refractivity contribution in [3.63, 3.8) is 0 Å². The van der Waals surface area contributed by atoms with E-state index in [0.29, 0.717) is 5.92 Å². The standard InChI is InChI=1S/C13H22O2/c1-2-15-13-8-7-10-5-3-4-6-11(10)12(13)9-14/h9-13H,2-8H2,1H3. The van der Waals surface area contributed by atoms with Crippen LogP contribution in [0.25, 0.3) is 0 Å². The molecule has 0 aromatic rings. The van der Waals surface area contributed by atoms with Crippen LogP contribution in [-0.4, -0.2) is 19.0 Å². The van der Waals surface area contributed by atoms with Crippen molar-refractivity contribution in [1.29, 1.82) is 0 Å². The van der Waals surface area contributed by atoms with Crippen LogP contribution in [0.3, 0.4) is 0 Å². The van der Waals surface area contributed by atoms with Crippen molar-refractivity contribution >= 4 is 6.29 Å². The topological polar surface area (TPSA) is 26.3 Å². The zero-order valence-electron chi connectivity index (χ0n) is 9.65. The van der Waals surface area contributed by atoms with Gasteiger partial charge in [-0.2, -0.15) is 0 Å². The third kappa shape index (κ3) is 2.25. The Morgan fingerprint density at radius 1 is 1.20 bits per heavy atom. The maximum Gasteiger partial charge on any atom is 0.125 e.